The van der Waals surface area contributed by atoms with Crippen molar-refractivity contribution >= 4 is 5.91 Å². The molecule has 1 saturated carbocycles. The molecule has 0 spiro atoms. The lowest BCUT2D eigenvalue weighted by Crippen LogP contribution is -2.41. The van der Waals surface area contributed by atoms with Gasteiger partial charge in [0.1, 0.15) is 0 Å². The van der Waals surface area contributed by atoms with E-state index in [-0.39, 0.29) is 5.91 Å². The summed E-state index contributed by atoms with van der Waals surface area (Å²) in [6, 6.07) is 0.306. The molecule has 3 nitrogen and oxygen atoms in total. The second kappa shape index (κ2) is 6.89. The Hall–Kier alpha value is -0.570. The third-order valence-corrected chi connectivity index (χ3v) is 3.43. The zero-order valence-corrected chi connectivity index (χ0v) is 10.7. The van der Waals surface area contributed by atoms with Crippen molar-refractivity contribution < 1.29 is 4.79 Å². The highest BCUT2D eigenvalue weighted by Crippen LogP contribution is 2.27. The third kappa shape index (κ3) is 4.97. The summed E-state index contributed by atoms with van der Waals surface area (Å²) in [5.74, 6) is 1.10. The van der Waals surface area contributed by atoms with Crippen LogP contribution in [0.1, 0.15) is 52.4 Å². The average molecular weight is 226 g/mol. The predicted octanol–water partition coefficient (Wildman–Crippen LogP) is 2.06. The summed E-state index contributed by atoms with van der Waals surface area (Å²) in [6.45, 7) is 5.36. The first-order valence-electron chi connectivity index (χ1n) is 6.61. The van der Waals surface area contributed by atoms with Crippen molar-refractivity contribution in [2.75, 3.05) is 6.54 Å². The van der Waals surface area contributed by atoms with E-state index in [1.807, 2.05) is 0 Å². The molecule has 1 aliphatic rings. The van der Waals surface area contributed by atoms with Gasteiger partial charge in [-0.05, 0) is 31.2 Å². The molecule has 0 aromatic heterocycles. The summed E-state index contributed by atoms with van der Waals surface area (Å²) < 4.78 is 0. The summed E-state index contributed by atoms with van der Waals surface area (Å²) in [6.07, 6.45) is 6.97. The van der Waals surface area contributed by atoms with Crippen LogP contribution < -0.4 is 11.1 Å². The number of nitrogens with one attached hydrogen (secondary N) is 1. The maximum atomic E-state index is 11.1. The first-order valence-corrected chi connectivity index (χ1v) is 6.61. The Morgan fingerprint density at radius 1 is 1.31 bits per heavy atom. The molecule has 1 atom stereocenters. The quantitative estimate of drug-likeness (QED) is 0.728. The lowest BCUT2D eigenvalue weighted by Gasteiger charge is -2.31. The van der Waals surface area contributed by atoms with Crippen LogP contribution in [0.4, 0.5) is 0 Å². The van der Waals surface area contributed by atoms with Gasteiger partial charge in [0.2, 0.25) is 5.91 Å². The number of amides is 1. The van der Waals surface area contributed by atoms with Crippen LogP contribution in [-0.2, 0) is 4.79 Å². The van der Waals surface area contributed by atoms with Crippen molar-refractivity contribution in [1.29, 1.82) is 0 Å². The van der Waals surface area contributed by atoms with Crippen molar-refractivity contribution in [3.05, 3.63) is 0 Å². The first kappa shape index (κ1) is 13.5. The second-order valence-corrected chi connectivity index (χ2v) is 5.48. The fourth-order valence-corrected chi connectivity index (χ4v) is 2.55. The third-order valence-electron chi connectivity index (χ3n) is 3.43. The molecule has 1 amide bonds. The molecule has 0 aromatic rings. The summed E-state index contributed by atoms with van der Waals surface area (Å²) in [5, 5.41) is 3.52. The number of carbonyl (C=O) groups is 1. The zero-order valence-electron chi connectivity index (χ0n) is 10.7. The van der Waals surface area contributed by atoms with Crippen molar-refractivity contribution in [2.45, 2.75) is 58.4 Å². The van der Waals surface area contributed by atoms with E-state index in [4.69, 9.17) is 5.73 Å². The molecule has 0 aliphatic heterocycles. The number of nitrogens with two attached hydrogens (primary N) is 1. The normalized spacial score (nSPS) is 19.9. The lowest BCUT2D eigenvalue weighted by molar-refractivity contribution is -0.118. The van der Waals surface area contributed by atoms with Crippen LogP contribution in [0.25, 0.3) is 0 Å². The van der Waals surface area contributed by atoms with Gasteiger partial charge in [-0.15, -0.1) is 0 Å². The molecule has 1 fully saturated rings. The minimum Gasteiger partial charge on any atom is -0.370 e. The molecule has 1 aliphatic carbocycles. The molecule has 94 valence electrons. The monoisotopic (exact) mass is 226 g/mol. The van der Waals surface area contributed by atoms with Crippen molar-refractivity contribution in [2.24, 2.45) is 17.6 Å². The number of carbonyl (C=O) groups excluding carboxylic acids is 1. The Bertz CT molecular complexity index is 210. The first-order chi connectivity index (χ1) is 7.59. The molecular weight excluding hydrogens is 200 g/mol. The maximum absolute atomic E-state index is 11.1. The molecule has 0 heterocycles. The Morgan fingerprint density at radius 2 is 1.94 bits per heavy atom. The summed E-state index contributed by atoms with van der Waals surface area (Å²) in [7, 11) is 0. The van der Waals surface area contributed by atoms with E-state index in [9.17, 15) is 4.79 Å². The summed E-state index contributed by atoms with van der Waals surface area (Å²) in [4.78, 5) is 11.1. The average Bonchev–Trinajstić information content (AvgIpc) is 2.25. The van der Waals surface area contributed by atoms with E-state index >= 15 is 0 Å². The standard InChI is InChI=1S/C13H26N2O/c1-10(2)9-15-12(8-13(14)16)11-6-4-3-5-7-11/h10-12,15H,3-9H2,1-2H3,(H2,14,16). The van der Waals surface area contributed by atoms with E-state index < -0.39 is 0 Å². The van der Waals surface area contributed by atoms with Crippen molar-refractivity contribution in [3.8, 4) is 0 Å². The van der Waals surface area contributed by atoms with Crippen LogP contribution in [0.5, 0.6) is 0 Å². The Labute approximate surface area is 99.2 Å². The SMILES string of the molecule is CC(C)CNC(CC(N)=O)C1CCCCC1. The molecular formula is C13H26N2O. The van der Waals surface area contributed by atoms with Gasteiger partial charge < -0.3 is 11.1 Å². The zero-order chi connectivity index (χ0) is 12.0. The van der Waals surface area contributed by atoms with Crippen LogP contribution in [0.15, 0.2) is 0 Å². The molecule has 1 rings (SSSR count). The fourth-order valence-electron chi connectivity index (χ4n) is 2.55. The smallest absolute Gasteiger partial charge is 0.218 e. The molecule has 3 heteroatoms. The minimum atomic E-state index is -0.174. The maximum Gasteiger partial charge on any atom is 0.218 e. The molecule has 1 unspecified atom stereocenters. The van der Waals surface area contributed by atoms with Crippen LogP contribution in [-0.4, -0.2) is 18.5 Å². The van der Waals surface area contributed by atoms with Gasteiger partial charge in [-0.3, -0.25) is 4.79 Å². The van der Waals surface area contributed by atoms with Gasteiger partial charge in [-0.2, -0.15) is 0 Å². The predicted molar refractivity (Wildman–Crippen MR) is 67.0 cm³/mol. The number of primary amides is 1. The van der Waals surface area contributed by atoms with Gasteiger partial charge in [0, 0.05) is 12.5 Å². The molecule has 0 radical (unpaired) electrons. The number of rotatable bonds is 6. The highest BCUT2D eigenvalue weighted by Gasteiger charge is 2.24. The molecule has 0 bridgehead atoms. The highest BCUT2D eigenvalue weighted by atomic mass is 16.1. The van der Waals surface area contributed by atoms with Gasteiger partial charge in [-0.1, -0.05) is 33.1 Å². The second-order valence-electron chi connectivity index (χ2n) is 5.48. The molecule has 3 N–H and O–H groups in total. The Morgan fingerprint density at radius 3 is 2.44 bits per heavy atom. The van der Waals surface area contributed by atoms with Gasteiger partial charge in [-0.25, -0.2) is 0 Å². The van der Waals surface area contributed by atoms with E-state index in [1.54, 1.807) is 0 Å². The van der Waals surface area contributed by atoms with Gasteiger partial charge in [0.15, 0.2) is 0 Å². The minimum absolute atomic E-state index is 0.174. The fraction of sp³-hybridized carbons (Fsp3) is 0.923. The van der Waals surface area contributed by atoms with E-state index in [0.717, 1.165) is 6.54 Å². The van der Waals surface area contributed by atoms with Gasteiger partial charge >= 0.3 is 0 Å². The topological polar surface area (TPSA) is 55.1 Å². The molecule has 0 saturated heterocycles. The largest absolute Gasteiger partial charge is 0.370 e. The van der Waals surface area contributed by atoms with E-state index in [0.29, 0.717) is 24.3 Å². The van der Waals surface area contributed by atoms with Crippen LogP contribution in [0.3, 0.4) is 0 Å². The van der Waals surface area contributed by atoms with Gasteiger partial charge in [0.05, 0.1) is 0 Å². The lowest BCUT2D eigenvalue weighted by atomic mass is 9.82. The molecule has 0 aromatic carbocycles. The Balaban J connectivity index is 2.44. The summed E-state index contributed by atoms with van der Waals surface area (Å²) >= 11 is 0. The number of hydrogen-bond donors (Lipinski definition) is 2. The van der Waals surface area contributed by atoms with Crippen LogP contribution in [0, 0.1) is 11.8 Å². The molecule has 16 heavy (non-hydrogen) atoms. The van der Waals surface area contributed by atoms with E-state index in [2.05, 4.69) is 19.2 Å². The van der Waals surface area contributed by atoms with Crippen LogP contribution in [0.2, 0.25) is 0 Å². The van der Waals surface area contributed by atoms with Crippen LogP contribution >= 0.6 is 0 Å². The summed E-state index contributed by atoms with van der Waals surface area (Å²) in [5.41, 5.74) is 5.33. The highest BCUT2D eigenvalue weighted by molar-refractivity contribution is 5.74. The van der Waals surface area contributed by atoms with Crippen molar-refractivity contribution in [3.63, 3.8) is 0 Å². The Kier molecular flexibility index (Phi) is 5.81. The van der Waals surface area contributed by atoms with Crippen molar-refractivity contribution in [1.82, 2.24) is 5.32 Å². The van der Waals surface area contributed by atoms with E-state index in [1.165, 1.54) is 32.1 Å². The van der Waals surface area contributed by atoms with Gasteiger partial charge in [0.25, 0.3) is 0 Å². The number of hydrogen-bond acceptors (Lipinski definition) is 2.